The van der Waals surface area contributed by atoms with Gasteiger partial charge in [-0.3, -0.25) is 4.79 Å². The third-order valence-corrected chi connectivity index (χ3v) is 1.82. The minimum absolute atomic E-state index is 0.263. The molecule has 0 aliphatic heterocycles. The Bertz CT molecular complexity index is 409. The third-order valence-electron chi connectivity index (χ3n) is 1.82. The van der Waals surface area contributed by atoms with Gasteiger partial charge in [-0.25, -0.2) is 13.8 Å². The van der Waals surface area contributed by atoms with Crippen LogP contribution in [0.3, 0.4) is 0 Å². The van der Waals surface area contributed by atoms with Crippen molar-refractivity contribution in [2.75, 3.05) is 7.11 Å². The van der Waals surface area contributed by atoms with Crippen LogP contribution in [0.1, 0.15) is 17.7 Å². The predicted molar refractivity (Wildman–Crippen MR) is 47.0 cm³/mol. The number of carbonyl (C=O) groups is 1. The van der Waals surface area contributed by atoms with Gasteiger partial charge in [0, 0.05) is 0 Å². The van der Waals surface area contributed by atoms with E-state index in [1.807, 2.05) is 0 Å². The number of rotatable bonds is 4. The number of alkyl halides is 2. The van der Waals surface area contributed by atoms with E-state index in [4.69, 9.17) is 5.11 Å². The Balaban J connectivity index is 3.24. The molecule has 1 rings (SSSR count). The highest BCUT2D eigenvalue weighted by Gasteiger charge is 2.20. The second-order valence-electron chi connectivity index (χ2n) is 2.90. The van der Waals surface area contributed by atoms with Crippen LogP contribution in [0, 0.1) is 5.95 Å². The second kappa shape index (κ2) is 4.82. The van der Waals surface area contributed by atoms with Gasteiger partial charge in [0.2, 0.25) is 0 Å². The smallest absolute Gasteiger partial charge is 0.307 e. The van der Waals surface area contributed by atoms with Crippen molar-refractivity contribution in [2.45, 2.75) is 12.8 Å². The van der Waals surface area contributed by atoms with Crippen LogP contribution in [0.25, 0.3) is 0 Å². The van der Waals surface area contributed by atoms with Gasteiger partial charge in [-0.1, -0.05) is 0 Å². The zero-order chi connectivity index (χ0) is 12.3. The molecular weight excluding hydrogens is 227 g/mol. The zero-order valence-electron chi connectivity index (χ0n) is 8.21. The van der Waals surface area contributed by atoms with Gasteiger partial charge in [0.05, 0.1) is 13.5 Å². The van der Waals surface area contributed by atoms with E-state index in [0.717, 1.165) is 13.2 Å². The summed E-state index contributed by atoms with van der Waals surface area (Å²) >= 11 is 0. The molecule has 16 heavy (non-hydrogen) atoms. The molecule has 0 amide bonds. The molecule has 0 fully saturated rings. The minimum atomic E-state index is -3.03. The van der Waals surface area contributed by atoms with Crippen molar-refractivity contribution >= 4 is 5.97 Å². The average molecular weight is 235 g/mol. The summed E-state index contributed by atoms with van der Waals surface area (Å²) < 4.78 is 42.4. The Hall–Kier alpha value is -1.79. The molecule has 0 aliphatic rings. The number of carboxylic acid groups (broad SMARTS) is 1. The maximum atomic E-state index is 13.0. The Morgan fingerprint density at radius 1 is 1.62 bits per heavy atom. The summed E-state index contributed by atoms with van der Waals surface area (Å²) in [5.74, 6) is -2.86. The quantitative estimate of drug-likeness (QED) is 0.808. The molecule has 0 radical (unpaired) electrons. The van der Waals surface area contributed by atoms with Crippen molar-refractivity contribution in [3.05, 3.63) is 23.3 Å². The van der Waals surface area contributed by atoms with Crippen molar-refractivity contribution in [3.8, 4) is 5.75 Å². The first-order valence-electron chi connectivity index (χ1n) is 4.19. The van der Waals surface area contributed by atoms with Crippen molar-refractivity contribution in [1.29, 1.82) is 0 Å². The summed E-state index contributed by atoms with van der Waals surface area (Å²) in [7, 11) is 1.13. The fourth-order valence-electron chi connectivity index (χ4n) is 1.16. The molecule has 4 nitrogen and oxygen atoms in total. The van der Waals surface area contributed by atoms with Gasteiger partial charge in [0.25, 0.3) is 12.4 Å². The number of methoxy groups -OCH3 is 1. The largest absolute Gasteiger partial charge is 0.492 e. The monoisotopic (exact) mass is 235 g/mol. The Labute approximate surface area is 88.7 Å². The summed E-state index contributed by atoms with van der Waals surface area (Å²) in [6, 6.07) is 0.915. The summed E-state index contributed by atoms with van der Waals surface area (Å²) in [5, 5.41) is 8.50. The normalized spacial score (nSPS) is 10.6. The number of hydrogen-bond acceptors (Lipinski definition) is 3. The van der Waals surface area contributed by atoms with E-state index >= 15 is 0 Å². The lowest BCUT2D eigenvalue weighted by atomic mass is 10.1. The number of aromatic nitrogens is 1. The van der Waals surface area contributed by atoms with E-state index < -0.39 is 30.5 Å². The molecule has 0 bridgehead atoms. The first-order chi connectivity index (χ1) is 7.45. The van der Waals surface area contributed by atoms with Crippen LogP contribution >= 0.6 is 0 Å². The molecule has 0 spiro atoms. The van der Waals surface area contributed by atoms with Gasteiger partial charge in [0.15, 0.2) is 5.75 Å². The number of halogens is 3. The van der Waals surface area contributed by atoms with E-state index in [9.17, 15) is 18.0 Å². The molecule has 7 heteroatoms. The standard InChI is InChI=1S/C9H8F3NO3/c1-16-5-2-4(3-6(14)15)7(8(10)11)13-9(5)12/h2,8H,3H2,1H3,(H,14,15). The van der Waals surface area contributed by atoms with Crippen molar-refractivity contribution in [3.63, 3.8) is 0 Å². The van der Waals surface area contributed by atoms with Crippen molar-refractivity contribution in [1.82, 2.24) is 4.98 Å². The number of aliphatic carboxylic acids is 1. The maximum Gasteiger partial charge on any atom is 0.307 e. The lowest BCUT2D eigenvalue weighted by molar-refractivity contribution is -0.136. The van der Waals surface area contributed by atoms with Crippen LogP contribution in [0.5, 0.6) is 5.75 Å². The van der Waals surface area contributed by atoms with E-state index in [1.54, 1.807) is 0 Å². The predicted octanol–water partition coefficient (Wildman–Crippen LogP) is 1.79. The number of ether oxygens (including phenoxy) is 1. The second-order valence-corrected chi connectivity index (χ2v) is 2.90. The molecule has 1 N–H and O–H groups in total. The minimum Gasteiger partial charge on any atom is -0.492 e. The number of carboxylic acids is 1. The summed E-state index contributed by atoms with van der Waals surface area (Å²) in [4.78, 5) is 13.4. The SMILES string of the molecule is COc1cc(CC(=O)O)c(C(F)F)nc1F. The van der Waals surface area contributed by atoms with E-state index in [1.165, 1.54) is 0 Å². The first-order valence-corrected chi connectivity index (χ1v) is 4.19. The highest BCUT2D eigenvalue weighted by Crippen LogP contribution is 2.26. The molecule has 0 saturated carbocycles. The Morgan fingerprint density at radius 2 is 2.25 bits per heavy atom. The fraction of sp³-hybridized carbons (Fsp3) is 0.333. The van der Waals surface area contributed by atoms with Gasteiger partial charge < -0.3 is 9.84 Å². The highest BCUT2D eigenvalue weighted by molar-refractivity contribution is 5.70. The maximum absolute atomic E-state index is 13.0. The van der Waals surface area contributed by atoms with Crippen molar-refractivity contribution in [2.24, 2.45) is 0 Å². The van der Waals surface area contributed by atoms with Crippen LogP contribution in [0.15, 0.2) is 6.07 Å². The number of nitrogens with zero attached hydrogens (tertiary/aromatic N) is 1. The molecular formula is C9H8F3NO3. The highest BCUT2D eigenvalue weighted by atomic mass is 19.3. The van der Waals surface area contributed by atoms with Crippen LogP contribution in [-0.2, 0) is 11.2 Å². The van der Waals surface area contributed by atoms with Gasteiger partial charge in [-0.2, -0.15) is 4.39 Å². The molecule has 0 aliphatic carbocycles. The lowest BCUT2D eigenvalue weighted by Gasteiger charge is -2.09. The summed E-state index contributed by atoms with van der Waals surface area (Å²) in [6.07, 6.45) is -3.70. The number of pyridine rings is 1. The molecule has 1 aromatic rings. The summed E-state index contributed by atoms with van der Waals surface area (Å²) in [6.45, 7) is 0. The lowest BCUT2D eigenvalue weighted by Crippen LogP contribution is -2.08. The average Bonchev–Trinajstić information content (AvgIpc) is 2.19. The third kappa shape index (κ3) is 2.62. The van der Waals surface area contributed by atoms with Gasteiger partial charge >= 0.3 is 5.97 Å². The van der Waals surface area contributed by atoms with Gasteiger partial charge in [0.1, 0.15) is 5.69 Å². The van der Waals surface area contributed by atoms with Crippen LogP contribution in [0.2, 0.25) is 0 Å². The molecule has 0 saturated heterocycles. The molecule has 0 aromatic carbocycles. The van der Waals surface area contributed by atoms with E-state index in [-0.39, 0.29) is 11.3 Å². The van der Waals surface area contributed by atoms with Crippen molar-refractivity contribution < 1.29 is 27.8 Å². The molecule has 0 atom stereocenters. The topological polar surface area (TPSA) is 59.4 Å². The Kier molecular flexibility index (Phi) is 3.70. The molecule has 0 unspecified atom stereocenters. The molecule has 1 aromatic heterocycles. The van der Waals surface area contributed by atoms with Crippen LogP contribution < -0.4 is 4.74 Å². The van der Waals surface area contributed by atoms with Gasteiger partial charge in [-0.05, 0) is 11.6 Å². The van der Waals surface area contributed by atoms with E-state index in [2.05, 4.69) is 9.72 Å². The first kappa shape index (κ1) is 12.3. The molecule has 1 heterocycles. The van der Waals surface area contributed by atoms with E-state index in [0.29, 0.717) is 0 Å². The molecule has 88 valence electrons. The zero-order valence-corrected chi connectivity index (χ0v) is 8.21. The Morgan fingerprint density at radius 3 is 2.69 bits per heavy atom. The summed E-state index contributed by atoms with van der Waals surface area (Å²) in [5.41, 5.74) is -1.14. The van der Waals surface area contributed by atoms with Crippen LogP contribution in [-0.4, -0.2) is 23.2 Å². The number of hydrogen-bond donors (Lipinski definition) is 1. The fourth-order valence-corrected chi connectivity index (χ4v) is 1.16. The van der Waals surface area contributed by atoms with Gasteiger partial charge in [-0.15, -0.1) is 0 Å². The van der Waals surface area contributed by atoms with Crippen LogP contribution in [0.4, 0.5) is 13.2 Å².